The molecule has 3 fully saturated rings. The van der Waals surface area contributed by atoms with Gasteiger partial charge in [-0.2, -0.15) is 0 Å². The molecule has 3 heterocycles. The molecule has 0 aromatic carbocycles. The Labute approximate surface area is 144 Å². The van der Waals surface area contributed by atoms with E-state index < -0.39 is 0 Å². The van der Waals surface area contributed by atoms with Crippen LogP contribution in [0, 0.1) is 0 Å². The number of rotatable bonds is 2. The number of carbonyl (C=O) groups excluding carboxylic acids is 1. The van der Waals surface area contributed by atoms with Crippen LogP contribution in [0.3, 0.4) is 0 Å². The first-order chi connectivity index (χ1) is 11.7. The summed E-state index contributed by atoms with van der Waals surface area (Å²) in [7, 11) is 2.17. The molecule has 0 bridgehead atoms. The molecule has 3 aliphatic rings. The van der Waals surface area contributed by atoms with Crippen LogP contribution in [0.2, 0.25) is 0 Å². The van der Waals surface area contributed by atoms with Gasteiger partial charge in [-0.1, -0.05) is 12.5 Å². The number of aromatic nitrogens is 1. The standard InChI is InChI=1S/C19H27N3O2/c1-21-12-6-7-15(13-21)16-8-5-9-17(20-16)22-14-19(24-18(22)23)10-3-2-4-11-19/h5,8-9,15H,2-4,6-7,10-14H2,1H3. The summed E-state index contributed by atoms with van der Waals surface area (Å²) >= 11 is 0. The molecule has 5 nitrogen and oxygen atoms in total. The number of amides is 1. The molecule has 24 heavy (non-hydrogen) atoms. The molecule has 0 radical (unpaired) electrons. The van der Waals surface area contributed by atoms with Gasteiger partial charge in [-0.25, -0.2) is 9.78 Å². The first kappa shape index (κ1) is 15.9. The second kappa shape index (κ2) is 6.36. The average molecular weight is 329 g/mol. The molecule has 1 aromatic rings. The molecule has 2 saturated heterocycles. The van der Waals surface area contributed by atoms with Gasteiger partial charge in [0.2, 0.25) is 0 Å². The highest BCUT2D eigenvalue weighted by atomic mass is 16.6. The van der Waals surface area contributed by atoms with E-state index in [2.05, 4.69) is 18.0 Å². The highest BCUT2D eigenvalue weighted by Gasteiger charge is 2.46. The molecule has 1 aliphatic carbocycles. The van der Waals surface area contributed by atoms with Gasteiger partial charge in [0.05, 0.1) is 6.54 Å². The van der Waals surface area contributed by atoms with E-state index in [9.17, 15) is 4.79 Å². The van der Waals surface area contributed by atoms with Gasteiger partial charge in [-0.05, 0) is 64.3 Å². The number of carbonyl (C=O) groups is 1. The summed E-state index contributed by atoms with van der Waals surface area (Å²) in [5.74, 6) is 1.22. The third-order valence-corrected chi connectivity index (χ3v) is 5.81. The van der Waals surface area contributed by atoms with Crippen LogP contribution in [0.4, 0.5) is 10.6 Å². The van der Waals surface area contributed by atoms with Gasteiger partial charge in [0.25, 0.3) is 0 Å². The monoisotopic (exact) mass is 329 g/mol. The van der Waals surface area contributed by atoms with E-state index in [-0.39, 0.29) is 11.7 Å². The Morgan fingerprint density at radius 1 is 1.21 bits per heavy atom. The maximum atomic E-state index is 12.4. The predicted octanol–water partition coefficient (Wildman–Crippen LogP) is 3.55. The molecule has 1 amide bonds. The molecule has 1 unspecified atom stereocenters. The molecule has 1 aromatic heterocycles. The number of likely N-dealkylation sites (tertiary alicyclic amines) is 1. The van der Waals surface area contributed by atoms with Crippen molar-refractivity contribution in [3.05, 3.63) is 23.9 Å². The van der Waals surface area contributed by atoms with Crippen molar-refractivity contribution in [2.45, 2.75) is 56.5 Å². The van der Waals surface area contributed by atoms with E-state index in [1.54, 1.807) is 4.90 Å². The van der Waals surface area contributed by atoms with E-state index in [1.165, 1.54) is 19.3 Å². The Bertz CT molecular complexity index is 612. The van der Waals surface area contributed by atoms with Gasteiger partial charge in [-0.15, -0.1) is 0 Å². The molecule has 0 N–H and O–H groups in total. The molecule has 1 spiro atoms. The van der Waals surface area contributed by atoms with Crippen molar-refractivity contribution in [3.8, 4) is 0 Å². The topological polar surface area (TPSA) is 45.7 Å². The first-order valence-corrected chi connectivity index (χ1v) is 9.31. The normalized spacial score (nSPS) is 27.5. The number of pyridine rings is 1. The fourth-order valence-electron chi connectivity index (χ4n) is 4.48. The lowest BCUT2D eigenvalue weighted by atomic mass is 9.85. The maximum Gasteiger partial charge on any atom is 0.416 e. The third kappa shape index (κ3) is 3.02. The highest BCUT2D eigenvalue weighted by Crippen LogP contribution is 2.38. The molecule has 1 saturated carbocycles. The van der Waals surface area contributed by atoms with Gasteiger partial charge in [0, 0.05) is 18.2 Å². The zero-order valence-corrected chi connectivity index (χ0v) is 14.5. The minimum absolute atomic E-state index is 0.220. The lowest BCUT2D eigenvalue weighted by molar-refractivity contribution is 0.0260. The number of anilines is 1. The van der Waals surface area contributed by atoms with Gasteiger partial charge in [0.15, 0.2) is 0 Å². The van der Waals surface area contributed by atoms with Gasteiger partial charge in [-0.3, -0.25) is 4.90 Å². The summed E-state index contributed by atoms with van der Waals surface area (Å²) in [5, 5.41) is 0. The largest absolute Gasteiger partial charge is 0.441 e. The minimum atomic E-state index is -0.266. The first-order valence-electron chi connectivity index (χ1n) is 9.31. The Balaban J connectivity index is 1.54. The molecule has 130 valence electrons. The summed E-state index contributed by atoms with van der Waals surface area (Å²) in [6, 6.07) is 6.08. The summed E-state index contributed by atoms with van der Waals surface area (Å²) in [6.07, 6.45) is 7.71. The van der Waals surface area contributed by atoms with Gasteiger partial charge >= 0.3 is 6.09 Å². The van der Waals surface area contributed by atoms with Crippen LogP contribution in [0.5, 0.6) is 0 Å². The van der Waals surface area contributed by atoms with Crippen molar-refractivity contribution in [1.82, 2.24) is 9.88 Å². The van der Waals surface area contributed by atoms with Gasteiger partial charge in [0.1, 0.15) is 11.4 Å². The molecular formula is C19H27N3O2. The van der Waals surface area contributed by atoms with Crippen molar-refractivity contribution in [3.63, 3.8) is 0 Å². The van der Waals surface area contributed by atoms with E-state index in [0.29, 0.717) is 12.5 Å². The minimum Gasteiger partial charge on any atom is -0.441 e. The number of hydrogen-bond donors (Lipinski definition) is 0. The van der Waals surface area contributed by atoms with Crippen molar-refractivity contribution in [2.75, 3.05) is 31.6 Å². The van der Waals surface area contributed by atoms with Crippen LogP contribution in [-0.2, 0) is 4.74 Å². The van der Waals surface area contributed by atoms with E-state index in [4.69, 9.17) is 9.72 Å². The molecule has 1 atom stereocenters. The second-order valence-corrected chi connectivity index (χ2v) is 7.72. The Hall–Kier alpha value is -1.62. The van der Waals surface area contributed by atoms with Crippen LogP contribution in [-0.4, -0.2) is 48.3 Å². The molecule has 5 heteroatoms. The third-order valence-electron chi connectivity index (χ3n) is 5.81. The molecular weight excluding hydrogens is 302 g/mol. The molecule has 4 rings (SSSR count). The number of ether oxygens (including phenoxy) is 1. The van der Waals surface area contributed by atoms with Crippen LogP contribution in [0.1, 0.15) is 56.6 Å². The summed E-state index contributed by atoms with van der Waals surface area (Å²) < 4.78 is 5.80. The Kier molecular flexibility index (Phi) is 4.21. The Morgan fingerprint density at radius 2 is 2.04 bits per heavy atom. The van der Waals surface area contributed by atoms with E-state index in [1.807, 2.05) is 12.1 Å². The zero-order valence-electron chi connectivity index (χ0n) is 14.5. The van der Waals surface area contributed by atoms with Gasteiger partial charge < -0.3 is 9.64 Å². The number of hydrogen-bond acceptors (Lipinski definition) is 4. The summed E-state index contributed by atoms with van der Waals surface area (Å²) in [4.78, 5) is 21.4. The number of piperidine rings is 1. The summed E-state index contributed by atoms with van der Waals surface area (Å²) in [5.41, 5.74) is 0.842. The smallest absolute Gasteiger partial charge is 0.416 e. The van der Waals surface area contributed by atoms with Crippen LogP contribution in [0.25, 0.3) is 0 Å². The fourth-order valence-corrected chi connectivity index (χ4v) is 4.48. The van der Waals surface area contributed by atoms with E-state index in [0.717, 1.165) is 50.3 Å². The SMILES string of the molecule is CN1CCCC(c2cccc(N3CC4(CCCCC4)OC3=O)n2)C1. The van der Waals surface area contributed by atoms with Crippen molar-refractivity contribution < 1.29 is 9.53 Å². The maximum absolute atomic E-state index is 12.4. The summed E-state index contributed by atoms with van der Waals surface area (Å²) in [6.45, 7) is 2.87. The molecule has 2 aliphatic heterocycles. The quantitative estimate of drug-likeness (QED) is 0.832. The number of likely N-dealkylation sites (N-methyl/N-ethyl adjacent to an activating group) is 1. The van der Waals surface area contributed by atoms with Crippen LogP contribution >= 0.6 is 0 Å². The predicted molar refractivity (Wildman–Crippen MR) is 93.4 cm³/mol. The zero-order chi connectivity index (χ0) is 16.6. The Morgan fingerprint density at radius 3 is 2.83 bits per heavy atom. The lowest BCUT2D eigenvalue weighted by Gasteiger charge is -2.31. The second-order valence-electron chi connectivity index (χ2n) is 7.72. The highest BCUT2D eigenvalue weighted by molar-refractivity contribution is 5.89. The fraction of sp³-hybridized carbons (Fsp3) is 0.684. The van der Waals surface area contributed by atoms with Crippen molar-refractivity contribution >= 4 is 11.9 Å². The van der Waals surface area contributed by atoms with Crippen LogP contribution in [0.15, 0.2) is 18.2 Å². The van der Waals surface area contributed by atoms with Crippen molar-refractivity contribution in [1.29, 1.82) is 0 Å². The van der Waals surface area contributed by atoms with Crippen molar-refractivity contribution in [2.24, 2.45) is 0 Å². The van der Waals surface area contributed by atoms with Crippen LogP contribution < -0.4 is 4.90 Å². The average Bonchev–Trinajstić information content (AvgIpc) is 2.91. The number of nitrogens with zero attached hydrogens (tertiary/aromatic N) is 3. The van der Waals surface area contributed by atoms with E-state index >= 15 is 0 Å². The lowest BCUT2D eigenvalue weighted by Crippen LogP contribution is -2.36.